The third-order valence-corrected chi connectivity index (χ3v) is 3.19. The number of carbonyl (C=O) groups excluding carboxylic acids is 1. The highest BCUT2D eigenvalue weighted by Crippen LogP contribution is 2.25. The maximum atomic E-state index is 11.7. The van der Waals surface area contributed by atoms with Crippen molar-refractivity contribution >= 4 is 5.91 Å². The molecule has 1 unspecified atom stereocenters. The van der Waals surface area contributed by atoms with Crippen molar-refractivity contribution in [3.8, 4) is 0 Å². The van der Waals surface area contributed by atoms with Crippen LogP contribution in [-0.2, 0) is 11.2 Å². The van der Waals surface area contributed by atoms with Crippen molar-refractivity contribution in [1.29, 1.82) is 0 Å². The Morgan fingerprint density at radius 1 is 1.50 bits per heavy atom. The number of amides is 1. The van der Waals surface area contributed by atoms with Gasteiger partial charge in [-0.15, -0.1) is 0 Å². The van der Waals surface area contributed by atoms with Crippen LogP contribution in [0.1, 0.15) is 33.4 Å². The van der Waals surface area contributed by atoms with Crippen LogP contribution in [0.15, 0.2) is 18.3 Å². The van der Waals surface area contributed by atoms with Crippen LogP contribution >= 0.6 is 0 Å². The average molecular weight is 252 g/mol. The van der Waals surface area contributed by atoms with E-state index in [9.17, 15) is 9.90 Å². The zero-order chi connectivity index (χ0) is 13.8. The first-order chi connectivity index (χ1) is 8.33. The third-order valence-electron chi connectivity index (χ3n) is 3.19. The number of hydrogen-bond acceptors (Lipinski definition) is 2. The molecule has 1 heterocycles. The van der Waals surface area contributed by atoms with Crippen LogP contribution in [0.3, 0.4) is 0 Å². The Hall–Kier alpha value is -1.29. The van der Waals surface area contributed by atoms with E-state index in [1.165, 1.54) is 0 Å². The van der Waals surface area contributed by atoms with Crippen molar-refractivity contribution in [1.82, 2.24) is 10.3 Å². The molecular weight excluding hydrogens is 228 g/mol. The topological polar surface area (TPSA) is 65.1 Å². The zero-order valence-electron chi connectivity index (χ0n) is 11.7. The highest BCUT2D eigenvalue weighted by atomic mass is 16.3. The van der Waals surface area contributed by atoms with Gasteiger partial charge in [-0.25, -0.2) is 0 Å². The summed E-state index contributed by atoms with van der Waals surface area (Å²) in [5, 5.41) is 12.9. The molecule has 1 rings (SSSR count). The van der Waals surface area contributed by atoms with Gasteiger partial charge >= 0.3 is 0 Å². The molecule has 4 nitrogen and oxygen atoms in total. The molecule has 4 heteroatoms. The zero-order valence-corrected chi connectivity index (χ0v) is 11.7. The van der Waals surface area contributed by atoms with Gasteiger partial charge in [-0.3, -0.25) is 4.79 Å². The molecule has 1 aromatic rings. The van der Waals surface area contributed by atoms with Gasteiger partial charge in [0.25, 0.3) is 0 Å². The number of aliphatic hydroxyl groups excluding tert-OH is 1. The van der Waals surface area contributed by atoms with Gasteiger partial charge in [0.15, 0.2) is 0 Å². The SMILES string of the molecule is CC(C)C(O)C(C)(C)CNC(=O)Cc1ccc[nH]1. The van der Waals surface area contributed by atoms with Crippen molar-refractivity contribution in [2.24, 2.45) is 11.3 Å². The number of carbonyl (C=O) groups is 1. The van der Waals surface area contributed by atoms with E-state index in [0.29, 0.717) is 13.0 Å². The van der Waals surface area contributed by atoms with Gasteiger partial charge < -0.3 is 15.4 Å². The molecule has 102 valence electrons. The average Bonchev–Trinajstić information content (AvgIpc) is 2.78. The van der Waals surface area contributed by atoms with E-state index in [-0.39, 0.29) is 17.2 Å². The van der Waals surface area contributed by atoms with E-state index in [1.807, 2.05) is 39.8 Å². The summed E-state index contributed by atoms with van der Waals surface area (Å²) in [5.74, 6) is 0.154. The number of aromatic amines is 1. The van der Waals surface area contributed by atoms with E-state index >= 15 is 0 Å². The number of hydrogen-bond donors (Lipinski definition) is 3. The van der Waals surface area contributed by atoms with Crippen LogP contribution in [0.25, 0.3) is 0 Å². The quantitative estimate of drug-likeness (QED) is 0.721. The van der Waals surface area contributed by atoms with Crippen molar-refractivity contribution in [3.05, 3.63) is 24.0 Å². The summed E-state index contributed by atoms with van der Waals surface area (Å²) in [4.78, 5) is 14.7. The number of rotatable bonds is 6. The fraction of sp³-hybridized carbons (Fsp3) is 0.643. The number of nitrogens with one attached hydrogen (secondary N) is 2. The van der Waals surface area contributed by atoms with Gasteiger partial charge in [0, 0.05) is 23.9 Å². The van der Waals surface area contributed by atoms with Gasteiger partial charge in [-0.05, 0) is 18.1 Å². The number of aromatic nitrogens is 1. The summed E-state index contributed by atoms with van der Waals surface area (Å²) in [5.41, 5.74) is 0.578. The van der Waals surface area contributed by atoms with Gasteiger partial charge in [-0.2, -0.15) is 0 Å². The summed E-state index contributed by atoms with van der Waals surface area (Å²) in [6.45, 7) is 8.37. The molecule has 1 amide bonds. The van der Waals surface area contributed by atoms with Crippen LogP contribution < -0.4 is 5.32 Å². The first kappa shape index (κ1) is 14.8. The lowest BCUT2D eigenvalue weighted by Crippen LogP contribution is -2.44. The highest BCUT2D eigenvalue weighted by Gasteiger charge is 2.30. The normalized spacial score (nSPS) is 13.7. The Labute approximate surface area is 109 Å². The minimum Gasteiger partial charge on any atom is -0.392 e. The monoisotopic (exact) mass is 252 g/mol. The van der Waals surface area contributed by atoms with Crippen molar-refractivity contribution in [3.63, 3.8) is 0 Å². The summed E-state index contributed by atoms with van der Waals surface area (Å²) in [6, 6.07) is 3.75. The molecule has 0 aliphatic heterocycles. The predicted molar refractivity (Wildman–Crippen MR) is 72.1 cm³/mol. The molecule has 1 aromatic heterocycles. The highest BCUT2D eigenvalue weighted by molar-refractivity contribution is 5.78. The Balaban J connectivity index is 2.42. The van der Waals surface area contributed by atoms with Crippen LogP contribution in [0.2, 0.25) is 0 Å². The molecular formula is C14H24N2O2. The smallest absolute Gasteiger partial charge is 0.225 e. The Kier molecular flexibility index (Phi) is 4.96. The lowest BCUT2D eigenvalue weighted by atomic mass is 9.80. The maximum absolute atomic E-state index is 11.7. The first-order valence-electron chi connectivity index (χ1n) is 6.40. The molecule has 0 saturated carbocycles. The van der Waals surface area contributed by atoms with E-state index in [4.69, 9.17) is 0 Å². The van der Waals surface area contributed by atoms with E-state index in [2.05, 4.69) is 10.3 Å². The molecule has 18 heavy (non-hydrogen) atoms. The van der Waals surface area contributed by atoms with Crippen LogP contribution in [0, 0.1) is 11.3 Å². The van der Waals surface area contributed by atoms with Crippen molar-refractivity contribution < 1.29 is 9.90 Å². The van der Waals surface area contributed by atoms with E-state index in [0.717, 1.165) is 5.69 Å². The van der Waals surface area contributed by atoms with E-state index < -0.39 is 6.10 Å². The van der Waals surface area contributed by atoms with Crippen LogP contribution in [0.5, 0.6) is 0 Å². The molecule has 3 N–H and O–H groups in total. The minimum atomic E-state index is -0.428. The lowest BCUT2D eigenvalue weighted by molar-refractivity contribution is -0.121. The third kappa shape index (κ3) is 4.18. The van der Waals surface area contributed by atoms with Gasteiger partial charge in [0.2, 0.25) is 5.91 Å². The fourth-order valence-corrected chi connectivity index (χ4v) is 2.05. The molecule has 0 radical (unpaired) electrons. The number of H-pyrrole nitrogens is 1. The van der Waals surface area contributed by atoms with Gasteiger partial charge in [0.05, 0.1) is 12.5 Å². The minimum absolute atomic E-state index is 0.0264. The van der Waals surface area contributed by atoms with Gasteiger partial charge in [0.1, 0.15) is 0 Å². The molecule has 0 aromatic carbocycles. The number of aliphatic hydroxyl groups is 1. The lowest BCUT2D eigenvalue weighted by Gasteiger charge is -2.33. The Morgan fingerprint density at radius 3 is 2.67 bits per heavy atom. The largest absolute Gasteiger partial charge is 0.392 e. The first-order valence-corrected chi connectivity index (χ1v) is 6.40. The standard InChI is InChI=1S/C14H24N2O2/c1-10(2)13(18)14(3,4)9-16-12(17)8-11-6-5-7-15-11/h5-7,10,13,15,18H,8-9H2,1-4H3,(H,16,17). The van der Waals surface area contributed by atoms with Crippen LogP contribution in [-0.4, -0.2) is 28.6 Å². The predicted octanol–water partition coefficient (Wildman–Crippen LogP) is 1.72. The fourth-order valence-electron chi connectivity index (χ4n) is 2.05. The molecule has 0 saturated heterocycles. The summed E-state index contributed by atoms with van der Waals surface area (Å²) in [6.07, 6.45) is 1.72. The molecule has 0 aliphatic carbocycles. The summed E-state index contributed by atoms with van der Waals surface area (Å²) >= 11 is 0. The Bertz CT molecular complexity index is 369. The summed E-state index contributed by atoms with van der Waals surface area (Å²) in [7, 11) is 0. The molecule has 0 aliphatic rings. The molecule has 0 fully saturated rings. The van der Waals surface area contributed by atoms with Crippen molar-refractivity contribution in [2.75, 3.05) is 6.54 Å². The van der Waals surface area contributed by atoms with E-state index in [1.54, 1.807) is 6.20 Å². The second-order valence-electron chi connectivity index (χ2n) is 5.83. The van der Waals surface area contributed by atoms with Crippen LogP contribution in [0.4, 0.5) is 0 Å². The maximum Gasteiger partial charge on any atom is 0.225 e. The van der Waals surface area contributed by atoms with Gasteiger partial charge in [-0.1, -0.05) is 27.7 Å². The van der Waals surface area contributed by atoms with Crippen molar-refractivity contribution in [2.45, 2.75) is 40.2 Å². The Morgan fingerprint density at radius 2 is 2.17 bits per heavy atom. The second kappa shape index (κ2) is 6.05. The summed E-state index contributed by atoms with van der Waals surface area (Å²) < 4.78 is 0. The second-order valence-corrected chi connectivity index (χ2v) is 5.83. The molecule has 0 bridgehead atoms. The molecule has 1 atom stereocenters. The molecule has 0 spiro atoms.